The third kappa shape index (κ3) is 3.12. The molecule has 2 rings (SSSR count). The first-order chi connectivity index (χ1) is 7.79. The lowest BCUT2D eigenvalue weighted by atomic mass is 9.84. The van der Waals surface area contributed by atoms with E-state index >= 15 is 0 Å². The van der Waals surface area contributed by atoms with E-state index in [1.165, 1.54) is 41.4 Å². The van der Waals surface area contributed by atoms with Crippen molar-refractivity contribution >= 4 is 28.3 Å². The monoisotopic (exact) mass is 329 g/mol. The fourth-order valence-corrected chi connectivity index (χ4v) is 3.06. The Morgan fingerprint density at radius 1 is 1.19 bits per heavy atom. The van der Waals surface area contributed by atoms with Gasteiger partial charge in [0.15, 0.2) is 0 Å². The Labute approximate surface area is 112 Å². The summed E-state index contributed by atoms with van der Waals surface area (Å²) in [6.07, 6.45) is 6.83. The van der Waals surface area contributed by atoms with Crippen LogP contribution in [0, 0.1) is 9.49 Å². The number of hydrogen-bond donors (Lipinski definition) is 1. The van der Waals surface area contributed by atoms with Crippen LogP contribution in [0.25, 0.3) is 0 Å². The molecule has 0 atom stereocenters. The second-order valence-electron chi connectivity index (χ2n) is 4.75. The minimum Gasteiger partial charge on any atom is -0.381 e. The number of halogens is 1. The highest BCUT2D eigenvalue weighted by Crippen LogP contribution is 2.29. The maximum Gasteiger partial charge on any atom is 0.0478 e. The van der Waals surface area contributed by atoms with Gasteiger partial charge in [0.2, 0.25) is 0 Å². The van der Waals surface area contributed by atoms with Gasteiger partial charge in [0, 0.05) is 15.3 Å². The Kier molecular flexibility index (Phi) is 4.50. The van der Waals surface area contributed by atoms with E-state index in [2.05, 4.69) is 59.1 Å². The summed E-state index contributed by atoms with van der Waals surface area (Å²) in [5.74, 6) is 0.980. The lowest BCUT2D eigenvalue weighted by Crippen LogP contribution is -2.26. The summed E-state index contributed by atoms with van der Waals surface area (Å²) in [5, 5.41) is 3.69. The van der Waals surface area contributed by atoms with Crippen LogP contribution < -0.4 is 5.32 Å². The summed E-state index contributed by atoms with van der Waals surface area (Å²) in [5.41, 5.74) is 1.31. The lowest BCUT2D eigenvalue weighted by molar-refractivity contribution is 0.330. The van der Waals surface area contributed by atoms with Crippen LogP contribution in [-0.4, -0.2) is 6.04 Å². The normalized spacial score (nSPS) is 25.4. The van der Waals surface area contributed by atoms with Crippen molar-refractivity contribution in [3.63, 3.8) is 0 Å². The van der Waals surface area contributed by atoms with E-state index < -0.39 is 0 Å². The van der Waals surface area contributed by atoms with Crippen LogP contribution in [0.2, 0.25) is 0 Å². The standard InChI is InChI=1S/C14H20IN/c1-2-11-7-9-12(10-8-11)16-14-6-4-3-5-13(14)15/h3-6,11-12,16H,2,7-10H2,1H3. The SMILES string of the molecule is CCC1CCC(Nc2ccccc2I)CC1. The predicted molar refractivity (Wildman–Crippen MR) is 78.8 cm³/mol. The van der Waals surface area contributed by atoms with Gasteiger partial charge in [0.1, 0.15) is 0 Å². The first-order valence-electron chi connectivity index (χ1n) is 6.30. The second-order valence-corrected chi connectivity index (χ2v) is 5.91. The van der Waals surface area contributed by atoms with Gasteiger partial charge in [0.25, 0.3) is 0 Å². The lowest BCUT2D eigenvalue weighted by Gasteiger charge is -2.29. The Morgan fingerprint density at radius 3 is 2.50 bits per heavy atom. The van der Waals surface area contributed by atoms with Crippen molar-refractivity contribution in [2.45, 2.75) is 45.1 Å². The van der Waals surface area contributed by atoms with Crippen molar-refractivity contribution < 1.29 is 0 Å². The van der Waals surface area contributed by atoms with Crippen LogP contribution in [0.3, 0.4) is 0 Å². The minimum atomic E-state index is 0.693. The van der Waals surface area contributed by atoms with Crippen LogP contribution in [0.4, 0.5) is 5.69 Å². The molecule has 0 amide bonds. The molecule has 0 unspecified atom stereocenters. The third-order valence-electron chi connectivity index (χ3n) is 3.66. The molecular weight excluding hydrogens is 309 g/mol. The molecule has 0 aromatic heterocycles. The topological polar surface area (TPSA) is 12.0 Å². The van der Waals surface area contributed by atoms with Crippen molar-refractivity contribution in [1.82, 2.24) is 0 Å². The van der Waals surface area contributed by atoms with Crippen molar-refractivity contribution in [2.24, 2.45) is 5.92 Å². The molecule has 1 fully saturated rings. The smallest absolute Gasteiger partial charge is 0.0478 e. The molecule has 88 valence electrons. The molecule has 0 bridgehead atoms. The van der Waals surface area contributed by atoms with Gasteiger partial charge < -0.3 is 5.32 Å². The van der Waals surface area contributed by atoms with Crippen LogP contribution in [-0.2, 0) is 0 Å². The molecule has 0 saturated heterocycles. The zero-order valence-corrected chi connectivity index (χ0v) is 12.0. The minimum absolute atomic E-state index is 0.693. The predicted octanol–water partition coefficient (Wildman–Crippen LogP) is 4.67. The summed E-state index contributed by atoms with van der Waals surface area (Å²) >= 11 is 2.41. The van der Waals surface area contributed by atoms with Crippen molar-refractivity contribution in [3.05, 3.63) is 27.8 Å². The molecule has 1 nitrogen and oxygen atoms in total. The first-order valence-corrected chi connectivity index (χ1v) is 7.38. The maximum atomic E-state index is 3.69. The third-order valence-corrected chi connectivity index (χ3v) is 4.60. The summed E-state index contributed by atoms with van der Waals surface area (Å²) in [6.45, 7) is 2.32. The summed E-state index contributed by atoms with van der Waals surface area (Å²) < 4.78 is 1.33. The molecule has 0 heterocycles. The molecule has 2 heteroatoms. The van der Waals surface area contributed by atoms with E-state index in [0.29, 0.717) is 6.04 Å². The molecule has 1 aliphatic rings. The second kappa shape index (κ2) is 5.89. The van der Waals surface area contributed by atoms with E-state index in [0.717, 1.165) is 5.92 Å². The van der Waals surface area contributed by atoms with Crippen LogP contribution in [0.1, 0.15) is 39.0 Å². The molecule has 0 radical (unpaired) electrons. The molecule has 0 aliphatic heterocycles. The van der Waals surface area contributed by atoms with Gasteiger partial charge in [-0.1, -0.05) is 25.5 Å². The fraction of sp³-hybridized carbons (Fsp3) is 0.571. The van der Waals surface area contributed by atoms with Gasteiger partial charge in [-0.3, -0.25) is 0 Å². The zero-order chi connectivity index (χ0) is 11.4. The van der Waals surface area contributed by atoms with Gasteiger partial charge in [-0.05, 0) is 66.3 Å². The van der Waals surface area contributed by atoms with Crippen LogP contribution >= 0.6 is 22.6 Å². The number of rotatable bonds is 3. The summed E-state index contributed by atoms with van der Waals surface area (Å²) in [7, 11) is 0. The number of anilines is 1. The average Bonchev–Trinajstić information content (AvgIpc) is 2.33. The van der Waals surface area contributed by atoms with Crippen LogP contribution in [0.15, 0.2) is 24.3 Å². The van der Waals surface area contributed by atoms with E-state index in [1.54, 1.807) is 0 Å². The zero-order valence-electron chi connectivity index (χ0n) is 9.88. The molecule has 0 spiro atoms. The van der Waals surface area contributed by atoms with Gasteiger partial charge in [-0.2, -0.15) is 0 Å². The summed E-state index contributed by atoms with van der Waals surface area (Å²) in [4.78, 5) is 0. The summed E-state index contributed by atoms with van der Waals surface area (Å²) in [6, 6.07) is 9.26. The van der Waals surface area contributed by atoms with Gasteiger partial charge >= 0.3 is 0 Å². The average molecular weight is 329 g/mol. The van der Waals surface area contributed by atoms with Crippen LogP contribution in [0.5, 0.6) is 0 Å². The molecule has 1 saturated carbocycles. The molecule has 16 heavy (non-hydrogen) atoms. The van der Waals surface area contributed by atoms with E-state index in [-0.39, 0.29) is 0 Å². The Balaban J connectivity index is 1.89. The van der Waals surface area contributed by atoms with Crippen molar-refractivity contribution in [3.8, 4) is 0 Å². The highest BCUT2D eigenvalue weighted by Gasteiger charge is 2.19. The maximum absolute atomic E-state index is 3.69. The Hall–Kier alpha value is -0.250. The van der Waals surface area contributed by atoms with E-state index in [4.69, 9.17) is 0 Å². The van der Waals surface area contributed by atoms with Gasteiger partial charge in [0.05, 0.1) is 0 Å². The highest BCUT2D eigenvalue weighted by molar-refractivity contribution is 14.1. The molecule has 1 aliphatic carbocycles. The fourth-order valence-electron chi connectivity index (χ4n) is 2.51. The van der Waals surface area contributed by atoms with Crippen molar-refractivity contribution in [1.29, 1.82) is 0 Å². The Morgan fingerprint density at radius 2 is 1.88 bits per heavy atom. The number of nitrogens with one attached hydrogen (secondary N) is 1. The number of hydrogen-bond acceptors (Lipinski definition) is 1. The largest absolute Gasteiger partial charge is 0.381 e. The molecule has 1 N–H and O–H groups in total. The molecular formula is C14H20IN. The molecule has 1 aromatic rings. The number of benzene rings is 1. The molecule has 1 aromatic carbocycles. The first kappa shape index (κ1) is 12.2. The van der Waals surface area contributed by atoms with Gasteiger partial charge in [-0.25, -0.2) is 0 Å². The van der Waals surface area contributed by atoms with E-state index in [9.17, 15) is 0 Å². The van der Waals surface area contributed by atoms with E-state index in [1.807, 2.05) is 0 Å². The Bertz CT molecular complexity index is 329. The quantitative estimate of drug-likeness (QED) is 0.795. The number of para-hydroxylation sites is 1. The van der Waals surface area contributed by atoms with Gasteiger partial charge in [-0.15, -0.1) is 0 Å². The van der Waals surface area contributed by atoms with Crippen molar-refractivity contribution in [2.75, 3.05) is 5.32 Å². The highest BCUT2D eigenvalue weighted by atomic mass is 127.